The number of carbonyl (C=O) groups excluding carboxylic acids is 2. The lowest BCUT2D eigenvalue weighted by atomic mass is 10.1. The first-order valence-corrected chi connectivity index (χ1v) is 9.03. The van der Waals surface area contributed by atoms with Gasteiger partial charge in [0.1, 0.15) is 11.5 Å². The summed E-state index contributed by atoms with van der Waals surface area (Å²) in [6.45, 7) is 5.54. The molecule has 2 N–H and O–H groups in total. The van der Waals surface area contributed by atoms with E-state index in [1.807, 2.05) is 25.1 Å². The molecule has 0 unspecified atom stereocenters. The molecular formula is C20H25N3O3. The summed E-state index contributed by atoms with van der Waals surface area (Å²) >= 11 is 0. The standard InChI is InChI=1S/C20H25N3O3/c1-14-6-8-17(26-14)13-21-20(25)18-9-7-16(22-15(2)24)12-19(18)23-10-4-3-5-11-23/h6-9,12H,3-5,10-11,13H2,1-2H3,(H,21,25)(H,22,24). The summed E-state index contributed by atoms with van der Waals surface area (Å²) in [5.74, 6) is 1.28. The molecule has 1 aromatic carbocycles. The van der Waals surface area contributed by atoms with Crippen molar-refractivity contribution >= 4 is 23.2 Å². The summed E-state index contributed by atoms with van der Waals surface area (Å²) < 4.78 is 5.51. The van der Waals surface area contributed by atoms with Gasteiger partial charge in [-0.2, -0.15) is 0 Å². The summed E-state index contributed by atoms with van der Waals surface area (Å²) in [6, 6.07) is 9.17. The van der Waals surface area contributed by atoms with Crippen LogP contribution in [0.15, 0.2) is 34.7 Å². The van der Waals surface area contributed by atoms with E-state index in [1.54, 1.807) is 12.1 Å². The fourth-order valence-corrected chi connectivity index (χ4v) is 3.24. The number of furan rings is 1. The number of nitrogens with one attached hydrogen (secondary N) is 2. The SMILES string of the molecule is CC(=O)Nc1ccc(C(=O)NCc2ccc(C)o2)c(N2CCCCC2)c1. The van der Waals surface area contributed by atoms with Gasteiger partial charge in [-0.1, -0.05) is 0 Å². The van der Waals surface area contributed by atoms with E-state index in [4.69, 9.17) is 4.42 Å². The van der Waals surface area contributed by atoms with Crippen molar-refractivity contribution in [3.63, 3.8) is 0 Å². The van der Waals surface area contributed by atoms with Crippen LogP contribution >= 0.6 is 0 Å². The minimum absolute atomic E-state index is 0.125. The lowest BCUT2D eigenvalue weighted by Crippen LogP contribution is -2.32. The molecule has 2 amide bonds. The lowest BCUT2D eigenvalue weighted by Gasteiger charge is -2.30. The summed E-state index contributed by atoms with van der Waals surface area (Å²) in [5.41, 5.74) is 2.18. The summed E-state index contributed by atoms with van der Waals surface area (Å²) in [4.78, 5) is 26.3. The van der Waals surface area contributed by atoms with E-state index in [0.717, 1.165) is 43.1 Å². The van der Waals surface area contributed by atoms with E-state index in [1.165, 1.54) is 13.3 Å². The van der Waals surface area contributed by atoms with Gasteiger partial charge in [0.2, 0.25) is 5.91 Å². The Morgan fingerprint density at radius 1 is 1.12 bits per heavy atom. The predicted octanol–water partition coefficient (Wildman–Crippen LogP) is 3.47. The van der Waals surface area contributed by atoms with E-state index in [0.29, 0.717) is 17.8 Å². The highest BCUT2D eigenvalue weighted by Crippen LogP contribution is 2.28. The van der Waals surface area contributed by atoms with E-state index in [2.05, 4.69) is 15.5 Å². The largest absolute Gasteiger partial charge is 0.465 e. The molecule has 26 heavy (non-hydrogen) atoms. The van der Waals surface area contributed by atoms with Crippen molar-refractivity contribution in [2.45, 2.75) is 39.7 Å². The van der Waals surface area contributed by atoms with Gasteiger partial charge >= 0.3 is 0 Å². The van der Waals surface area contributed by atoms with Gasteiger partial charge in [0.15, 0.2) is 0 Å². The summed E-state index contributed by atoms with van der Waals surface area (Å²) in [7, 11) is 0. The third-order valence-corrected chi connectivity index (χ3v) is 4.48. The normalized spacial score (nSPS) is 14.2. The topological polar surface area (TPSA) is 74.6 Å². The molecule has 6 heteroatoms. The third-order valence-electron chi connectivity index (χ3n) is 4.48. The fraction of sp³-hybridized carbons (Fsp3) is 0.400. The average molecular weight is 355 g/mol. The fourth-order valence-electron chi connectivity index (χ4n) is 3.24. The Kier molecular flexibility index (Phi) is 5.61. The molecule has 3 rings (SSSR count). The molecule has 2 aromatic rings. The quantitative estimate of drug-likeness (QED) is 0.861. The van der Waals surface area contributed by atoms with E-state index >= 15 is 0 Å². The van der Waals surface area contributed by atoms with Gasteiger partial charge in [-0.05, 0) is 56.5 Å². The van der Waals surface area contributed by atoms with Gasteiger partial charge in [-0.15, -0.1) is 0 Å². The zero-order valence-electron chi connectivity index (χ0n) is 15.3. The maximum Gasteiger partial charge on any atom is 0.253 e. The van der Waals surface area contributed by atoms with Gasteiger partial charge in [-0.25, -0.2) is 0 Å². The molecule has 1 saturated heterocycles. The molecule has 1 aliphatic heterocycles. The number of benzene rings is 1. The van der Waals surface area contributed by atoms with Crippen LogP contribution in [0, 0.1) is 6.92 Å². The van der Waals surface area contributed by atoms with Crippen molar-refractivity contribution in [3.05, 3.63) is 47.4 Å². The highest BCUT2D eigenvalue weighted by molar-refractivity contribution is 6.01. The Morgan fingerprint density at radius 3 is 2.54 bits per heavy atom. The average Bonchev–Trinajstić information content (AvgIpc) is 3.05. The number of aryl methyl sites for hydroxylation is 1. The second-order valence-electron chi connectivity index (χ2n) is 6.66. The van der Waals surface area contributed by atoms with Crippen LogP contribution in [0.1, 0.15) is 48.1 Å². The molecule has 1 aliphatic rings. The number of hydrogen-bond donors (Lipinski definition) is 2. The Balaban J connectivity index is 1.81. The van der Waals surface area contributed by atoms with Crippen molar-refractivity contribution < 1.29 is 14.0 Å². The molecule has 138 valence electrons. The third kappa shape index (κ3) is 4.45. The van der Waals surface area contributed by atoms with E-state index in [-0.39, 0.29) is 11.8 Å². The molecule has 6 nitrogen and oxygen atoms in total. The first kappa shape index (κ1) is 18.0. The van der Waals surface area contributed by atoms with Crippen LogP contribution in [-0.4, -0.2) is 24.9 Å². The van der Waals surface area contributed by atoms with Crippen LogP contribution < -0.4 is 15.5 Å². The van der Waals surface area contributed by atoms with Gasteiger partial charge in [0.25, 0.3) is 5.91 Å². The van der Waals surface area contributed by atoms with Gasteiger partial charge in [0, 0.05) is 25.7 Å². The van der Waals surface area contributed by atoms with Crippen LogP contribution in [0.3, 0.4) is 0 Å². The van der Waals surface area contributed by atoms with Crippen LogP contribution in [-0.2, 0) is 11.3 Å². The summed E-state index contributed by atoms with van der Waals surface area (Å²) in [6.07, 6.45) is 3.43. The number of hydrogen-bond acceptors (Lipinski definition) is 4. The van der Waals surface area contributed by atoms with Crippen molar-refractivity contribution in [1.29, 1.82) is 0 Å². The highest BCUT2D eigenvalue weighted by Gasteiger charge is 2.19. The van der Waals surface area contributed by atoms with Crippen LogP contribution in [0.5, 0.6) is 0 Å². The van der Waals surface area contributed by atoms with Gasteiger partial charge in [-0.3, -0.25) is 9.59 Å². The maximum absolute atomic E-state index is 12.8. The Labute approximate surface area is 153 Å². The number of piperidine rings is 1. The monoisotopic (exact) mass is 355 g/mol. The predicted molar refractivity (Wildman–Crippen MR) is 101 cm³/mol. The second kappa shape index (κ2) is 8.08. The molecule has 0 spiro atoms. The molecular weight excluding hydrogens is 330 g/mol. The van der Waals surface area contributed by atoms with Crippen LogP contribution in [0.2, 0.25) is 0 Å². The number of carbonyl (C=O) groups is 2. The minimum Gasteiger partial charge on any atom is -0.465 e. The molecule has 0 radical (unpaired) electrons. The Morgan fingerprint density at radius 2 is 1.88 bits per heavy atom. The highest BCUT2D eigenvalue weighted by atomic mass is 16.3. The zero-order valence-corrected chi connectivity index (χ0v) is 15.3. The van der Waals surface area contributed by atoms with E-state index in [9.17, 15) is 9.59 Å². The summed E-state index contributed by atoms with van der Waals surface area (Å²) in [5, 5.41) is 5.72. The lowest BCUT2D eigenvalue weighted by molar-refractivity contribution is -0.114. The molecule has 0 atom stereocenters. The van der Waals surface area contributed by atoms with Gasteiger partial charge < -0.3 is 20.0 Å². The Hall–Kier alpha value is -2.76. The van der Waals surface area contributed by atoms with Crippen molar-refractivity contribution in [3.8, 4) is 0 Å². The molecule has 0 aliphatic carbocycles. The molecule has 1 fully saturated rings. The minimum atomic E-state index is -0.144. The number of nitrogens with zero attached hydrogens (tertiary/aromatic N) is 1. The number of rotatable bonds is 5. The maximum atomic E-state index is 12.8. The van der Waals surface area contributed by atoms with Crippen molar-refractivity contribution in [2.24, 2.45) is 0 Å². The molecule has 1 aromatic heterocycles. The second-order valence-corrected chi connectivity index (χ2v) is 6.66. The Bertz CT molecular complexity index is 791. The van der Waals surface area contributed by atoms with E-state index < -0.39 is 0 Å². The molecule has 2 heterocycles. The smallest absolute Gasteiger partial charge is 0.253 e. The number of anilines is 2. The molecule has 0 saturated carbocycles. The van der Waals surface area contributed by atoms with Crippen molar-refractivity contribution in [2.75, 3.05) is 23.3 Å². The van der Waals surface area contributed by atoms with Crippen LogP contribution in [0.4, 0.5) is 11.4 Å². The van der Waals surface area contributed by atoms with Crippen molar-refractivity contribution in [1.82, 2.24) is 5.32 Å². The van der Waals surface area contributed by atoms with Gasteiger partial charge in [0.05, 0.1) is 17.8 Å². The zero-order chi connectivity index (χ0) is 18.5. The first-order chi connectivity index (χ1) is 12.5. The molecule has 0 bridgehead atoms. The first-order valence-electron chi connectivity index (χ1n) is 9.03. The number of amides is 2. The van der Waals surface area contributed by atoms with Crippen LogP contribution in [0.25, 0.3) is 0 Å².